The number of carbonyl (C=O) groups is 2. The fourth-order valence-electron chi connectivity index (χ4n) is 2.82. The Balaban J connectivity index is 2.12. The SMILES string of the molecule is COC(=O)[C@H](C(C)C)N(C)C(=O)N1CCOC12CNC2. The number of urea groups is 1. The van der Waals surface area contributed by atoms with Crippen molar-refractivity contribution in [1.82, 2.24) is 15.1 Å². The van der Waals surface area contributed by atoms with Crippen LogP contribution in [0.3, 0.4) is 0 Å². The maximum atomic E-state index is 12.7. The number of ether oxygens (including phenoxy) is 2. The van der Waals surface area contributed by atoms with Gasteiger partial charge in [-0.25, -0.2) is 9.59 Å². The van der Waals surface area contributed by atoms with Crippen LogP contribution >= 0.6 is 0 Å². The lowest BCUT2D eigenvalue weighted by molar-refractivity contribution is -0.148. The van der Waals surface area contributed by atoms with E-state index in [4.69, 9.17) is 9.47 Å². The van der Waals surface area contributed by atoms with Crippen LogP contribution in [0.25, 0.3) is 0 Å². The van der Waals surface area contributed by atoms with Gasteiger partial charge in [0.1, 0.15) is 6.04 Å². The molecule has 2 aliphatic heterocycles. The molecule has 20 heavy (non-hydrogen) atoms. The summed E-state index contributed by atoms with van der Waals surface area (Å²) in [6.07, 6.45) is 0. The third-order valence-electron chi connectivity index (χ3n) is 4.00. The number of likely N-dealkylation sites (N-methyl/N-ethyl adjacent to an activating group) is 1. The lowest BCUT2D eigenvalue weighted by atomic mass is 10.0. The van der Waals surface area contributed by atoms with E-state index in [9.17, 15) is 9.59 Å². The monoisotopic (exact) mass is 285 g/mol. The standard InChI is InChI=1S/C13H23N3O4/c1-9(2)10(11(17)19-4)15(3)12(18)16-5-6-20-13(16)7-14-8-13/h9-10,14H,5-8H2,1-4H3/t10-/m0/s1. The van der Waals surface area contributed by atoms with Crippen LogP contribution in [0.15, 0.2) is 0 Å². The first-order valence-corrected chi connectivity index (χ1v) is 6.90. The highest BCUT2D eigenvalue weighted by molar-refractivity contribution is 5.84. The van der Waals surface area contributed by atoms with Gasteiger partial charge in [-0.05, 0) is 5.92 Å². The second kappa shape index (κ2) is 5.57. The van der Waals surface area contributed by atoms with Crippen LogP contribution in [0.1, 0.15) is 13.8 Å². The number of hydrogen-bond donors (Lipinski definition) is 1. The zero-order valence-electron chi connectivity index (χ0n) is 12.5. The molecule has 0 saturated carbocycles. The molecule has 0 radical (unpaired) electrons. The Kier molecular flexibility index (Phi) is 4.19. The third-order valence-corrected chi connectivity index (χ3v) is 4.00. The zero-order valence-corrected chi connectivity index (χ0v) is 12.5. The minimum absolute atomic E-state index is 0.0182. The first-order chi connectivity index (χ1) is 9.43. The van der Waals surface area contributed by atoms with Gasteiger partial charge < -0.3 is 19.7 Å². The van der Waals surface area contributed by atoms with Gasteiger partial charge in [0.05, 0.1) is 13.7 Å². The van der Waals surface area contributed by atoms with Gasteiger partial charge in [-0.2, -0.15) is 0 Å². The first-order valence-electron chi connectivity index (χ1n) is 6.90. The molecule has 2 saturated heterocycles. The average Bonchev–Trinajstić information content (AvgIpc) is 2.81. The van der Waals surface area contributed by atoms with Crippen LogP contribution in [0.5, 0.6) is 0 Å². The second-order valence-electron chi connectivity index (χ2n) is 5.66. The Labute approximate surface area is 119 Å². The Hall–Kier alpha value is -1.34. The minimum atomic E-state index is -0.585. The van der Waals surface area contributed by atoms with Gasteiger partial charge in [-0.3, -0.25) is 4.90 Å². The van der Waals surface area contributed by atoms with Crippen molar-refractivity contribution >= 4 is 12.0 Å². The number of methoxy groups -OCH3 is 1. The maximum absolute atomic E-state index is 12.7. The first kappa shape index (κ1) is 15.1. The third kappa shape index (κ3) is 2.35. The second-order valence-corrected chi connectivity index (χ2v) is 5.66. The molecule has 7 nitrogen and oxygen atoms in total. The maximum Gasteiger partial charge on any atom is 0.328 e. The molecule has 7 heteroatoms. The smallest absolute Gasteiger partial charge is 0.328 e. The van der Waals surface area contributed by atoms with Gasteiger partial charge in [-0.15, -0.1) is 0 Å². The fourth-order valence-corrected chi connectivity index (χ4v) is 2.82. The summed E-state index contributed by atoms with van der Waals surface area (Å²) < 4.78 is 10.5. The van der Waals surface area contributed by atoms with E-state index in [2.05, 4.69) is 5.32 Å². The van der Waals surface area contributed by atoms with Gasteiger partial charge in [0, 0.05) is 26.7 Å². The van der Waals surface area contributed by atoms with E-state index >= 15 is 0 Å². The molecule has 114 valence electrons. The Morgan fingerprint density at radius 1 is 1.40 bits per heavy atom. The minimum Gasteiger partial charge on any atom is -0.467 e. The summed E-state index contributed by atoms with van der Waals surface area (Å²) in [5.74, 6) is -0.410. The summed E-state index contributed by atoms with van der Waals surface area (Å²) >= 11 is 0. The van der Waals surface area contributed by atoms with Crippen molar-refractivity contribution in [3.63, 3.8) is 0 Å². The van der Waals surface area contributed by atoms with Crippen LogP contribution in [-0.2, 0) is 14.3 Å². The lowest BCUT2D eigenvalue weighted by Crippen LogP contribution is -2.70. The fraction of sp³-hybridized carbons (Fsp3) is 0.846. The largest absolute Gasteiger partial charge is 0.467 e. The normalized spacial score (nSPS) is 21.8. The summed E-state index contributed by atoms with van der Waals surface area (Å²) in [7, 11) is 2.98. The summed E-state index contributed by atoms with van der Waals surface area (Å²) in [6, 6.07) is -0.772. The van der Waals surface area contributed by atoms with Gasteiger partial charge in [0.25, 0.3) is 0 Å². The summed E-state index contributed by atoms with van der Waals surface area (Å²) in [5.41, 5.74) is -0.525. The van der Waals surface area contributed by atoms with E-state index in [1.807, 2.05) is 13.8 Å². The molecular formula is C13H23N3O4. The van der Waals surface area contributed by atoms with E-state index < -0.39 is 17.7 Å². The number of rotatable bonds is 3. The molecule has 2 heterocycles. The van der Waals surface area contributed by atoms with Gasteiger partial charge >= 0.3 is 12.0 Å². The van der Waals surface area contributed by atoms with Crippen LogP contribution in [0.4, 0.5) is 4.79 Å². The van der Waals surface area contributed by atoms with Crippen LogP contribution in [0.2, 0.25) is 0 Å². The molecule has 1 N–H and O–H groups in total. The van der Waals surface area contributed by atoms with Crippen LogP contribution < -0.4 is 5.32 Å². The van der Waals surface area contributed by atoms with E-state index in [-0.39, 0.29) is 11.9 Å². The van der Waals surface area contributed by atoms with Crippen LogP contribution in [0, 0.1) is 5.92 Å². The van der Waals surface area contributed by atoms with Crippen molar-refractivity contribution in [3.05, 3.63) is 0 Å². The lowest BCUT2D eigenvalue weighted by Gasteiger charge is -2.46. The molecule has 1 atom stereocenters. The number of hydrogen-bond acceptors (Lipinski definition) is 5. The molecule has 2 fully saturated rings. The molecular weight excluding hydrogens is 262 g/mol. The van der Waals surface area contributed by atoms with Crippen molar-refractivity contribution in [2.75, 3.05) is 40.4 Å². The molecule has 0 aromatic rings. The molecule has 0 aromatic heterocycles. The summed E-state index contributed by atoms with van der Waals surface area (Å²) in [6.45, 7) is 6.15. The number of carbonyl (C=O) groups excluding carboxylic acids is 2. The molecule has 0 aromatic carbocycles. The highest BCUT2D eigenvalue weighted by Crippen LogP contribution is 2.29. The molecule has 1 spiro atoms. The predicted molar refractivity (Wildman–Crippen MR) is 72.1 cm³/mol. The summed E-state index contributed by atoms with van der Waals surface area (Å²) in [4.78, 5) is 27.7. The van der Waals surface area contributed by atoms with Crippen molar-refractivity contribution in [2.45, 2.75) is 25.6 Å². The van der Waals surface area contributed by atoms with E-state index in [0.29, 0.717) is 26.2 Å². The molecule has 0 unspecified atom stereocenters. The average molecular weight is 285 g/mol. The van der Waals surface area contributed by atoms with E-state index in [1.54, 1.807) is 11.9 Å². The topological polar surface area (TPSA) is 71.1 Å². The molecule has 2 aliphatic rings. The highest BCUT2D eigenvalue weighted by Gasteiger charge is 2.51. The van der Waals surface area contributed by atoms with Crippen molar-refractivity contribution < 1.29 is 19.1 Å². The molecule has 0 bridgehead atoms. The Bertz CT molecular complexity index is 395. The molecule has 0 aliphatic carbocycles. The number of esters is 1. The van der Waals surface area contributed by atoms with Crippen molar-refractivity contribution in [1.29, 1.82) is 0 Å². The van der Waals surface area contributed by atoms with E-state index in [0.717, 1.165) is 0 Å². The Morgan fingerprint density at radius 2 is 2.05 bits per heavy atom. The quantitative estimate of drug-likeness (QED) is 0.731. The predicted octanol–water partition coefficient (Wildman–Crippen LogP) is -0.132. The number of nitrogens with one attached hydrogen (secondary N) is 1. The van der Waals surface area contributed by atoms with Gasteiger partial charge in [0.2, 0.25) is 0 Å². The number of amides is 2. The zero-order chi connectivity index (χ0) is 14.9. The van der Waals surface area contributed by atoms with Crippen molar-refractivity contribution in [2.24, 2.45) is 5.92 Å². The highest BCUT2D eigenvalue weighted by atomic mass is 16.5. The van der Waals surface area contributed by atoms with Gasteiger partial charge in [0.15, 0.2) is 5.72 Å². The molecule has 2 amide bonds. The van der Waals surface area contributed by atoms with Crippen LogP contribution in [-0.4, -0.2) is 74.0 Å². The van der Waals surface area contributed by atoms with Gasteiger partial charge in [-0.1, -0.05) is 13.8 Å². The molecule has 2 rings (SSSR count). The number of nitrogens with zero attached hydrogens (tertiary/aromatic N) is 2. The Morgan fingerprint density at radius 3 is 2.50 bits per heavy atom. The summed E-state index contributed by atoms with van der Waals surface area (Å²) in [5, 5.41) is 3.12. The van der Waals surface area contributed by atoms with Crippen molar-refractivity contribution in [3.8, 4) is 0 Å². The van der Waals surface area contributed by atoms with E-state index in [1.165, 1.54) is 12.0 Å².